The third-order valence-electron chi connectivity index (χ3n) is 4.43. The smallest absolute Gasteiger partial charge is 0.322 e. The summed E-state index contributed by atoms with van der Waals surface area (Å²) in [6, 6.07) is 11.4. The van der Waals surface area contributed by atoms with Crippen molar-refractivity contribution in [2.45, 2.75) is 19.4 Å². The standard InChI is InChI=1S/C19H17Cl2N3O3/c1-11-6-8-12(9-7-11)19(2)17(26)24(18(27)23-19)10-15(25)22-16-13(20)4-3-5-14(16)21/h3-9H,10H2,1-2H3,(H,22,25)(H,23,27). The highest BCUT2D eigenvalue weighted by molar-refractivity contribution is 6.39. The van der Waals surface area contributed by atoms with Crippen molar-refractivity contribution in [2.24, 2.45) is 0 Å². The predicted molar refractivity (Wildman–Crippen MR) is 104 cm³/mol. The van der Waals surface area contributed by atoms with Crippen molar-refractivity contribution >= 4 is 46.7 Å². The Hall–Kier alpha value is -2.57. The minimum atomic E-state index is -1.23. The van der Waals surface area contributed by atoms with Crippen molar-refractivity contribution < 1.29 is 14.4 Å². The van der Waals surface area contributed by atoms with Gasteiger partial charge in [-0.05, 0) is 31.5 Å². The second kappa shape index (κ2) is 7.21. The Balaban J connectivity index is 1.77. The summed E-state index contributed by atoms with van der Waals surface area (Å²) in [5.41, 5.74) is 0.683. The van der Waals surface area contributed by atoms with E-state index in [0.29, 0.717) is 5.56 Å². The summed E-state index contributed by atoms with van der Waals surface area (Å²) in [4.78, 5) is 38.4. The fourth-order valence-electron chi connectivity index (χ4n) is 2.86. The van der Waals surface area contributed by atoms with E-state index in [2.05, 4.69) is 10.6 Å². The van der Waals surface area contributed by atoms with Crippen LogP contribution in [0.4, 0.5) is 10.5 Å². The average molecular weight is 406 g/mol. The number of para-hydroxylation sites is 1. The lowest BCUT2D eigenvalue weighted by Gasteiger charge is -2.22. The Kier molecular flexibility index (Phi) is 5.13. The molecule has 3 rings (SSSR count). The van der Waals surface area contributed by atoms with Crippen LogP contribution in [0.15, 0.2) is 42.5 Å². The highest BCUT2D eigenvalue weighted by Crippen LogP contribution is 2.31. The normalized spacial score (nSPS) is 19.2. The summed E-state index contributed by atoms with van der Waals surface area (Å²) in [6.07, 6.45) is 0. The van der Waals surface area contributed by atoms with Crippen LogP contribution in [0.3, 0.4) is 0 Å². The molecule has 0 saturated carbocycles. The molecule has 1 heterocycles. The first kappa shape index (κ1) is 19.2. The number of urea groups is 1. The maximum atomic E-state index is 12.9. The van der Waals surface area contributed by atoms with Crippen molar-refractivity contribution in [2.75, 3.05) is 11.9 Å². The van der Waals surface area contributed by atoms with E-state index in [4.69, 9.17) is 23.2 Å². The lowest BCUT2D eigenvalue weighted by atomic mass is 9.91. The Morgan fingerprint density at radius 2 is 1.70 bits per heavy atom. The summed E-state index contributed by atoms with van der Waals surface area (Å²) >= 11 is 12.1. The molecule has 4 amide bonds. The molecule has 27 heavy (non-hydrogen) atoms. The molecule has 1 aliphatic heterocycles. The maximum Gasteiger partial charge on any atom is 0.325 e. The molecule has 0 aliphatic carbocycles. The third kappa shape index (κ3) is 3.63. The van der Waals surface area contributed by atoms with Gasteiger partial charge in [0.15, 0.2) is 0 Å². The summed E-state index contributed by atoms with van der Waals surface area (Å²) in [7, 11) is 0. The van der Waals surface area contributed by atoms with Crippen LogP contribution in [-0.4, -0.2) is 29.3 Å². The van der Waals surface area contributed by atoms with Gasteiger partial charge in [0.2, 0.25) is 5.91 Å². The van der Waals surface area contributed by atoms with E-state index in [-0.39, 0.29) is 15.7 Å². The number of aryl methyl sites for hydroxylation is 1. The number of nitrogens with zero attached hydrogens (tertiary/aromatic N) is 1. The largest absolute Gasteiger partial charge is 0.325 e. The second-order valence-electron chi connectivity index (χ2n) is 6.46. The van der Waals surface area contributed by atoms with Crippen molar-refractivity contribution in [3.63, 3.8) is 0 Å². The van der Waals surface area contributed by atoms with Gasteiger partial charge in [-0.15, -0.1) is 0 Å². The summed E-state index contributed by atoms with van der Waals surface area (Å²) < 4.78 is 0. The highest BCUT2D eigenvalue weighted by atomic mass is 35.5. The van der Waals surface area contributed by atoms with Gasteiger partial charge < -0.3 is 10.6 Å². The van der Waals surface area contributed by atoms with Gasteiger partial charge >= 0.3 is 6.03 Å². The third-order valence-corrected chi connectivity index (χ3v) is 5.06. The van der Waals surface area contributed by atoms with Crippen LogP contribution < -0.4 is 10.6 Å². The van der Waals surface area contributed by atoms with Gasteiger partial charge in [0.05, 0.1) is 15.7 Å². The first-order valence-corrected chi connectivity index (χ1v) is 8.93. The van der Waals surface area contributed by atoms with Crippen molar-refractivity contribution in [3.05, 3.63) is 63.6 Å². The summed E-state index contributed by atoms with van der Waals surface area (Å²) in [5, 5.41) is 5.73. The van der Waals surface area contributed by atoms with Crippen LogP contribution in [0.2, 0.25) is 10.0 Å². The first-order valence-electron chi connectivity index (χ1n) is 8.17. The lowest BCUT2D eigenvalue weighted by Crippen LogP contribution is -2.42. The van der Waals surface area contributed by atoms with Gasteiger partial charge in [0.1, 0.15) is 12.1 Å². The number of rotatable bonds is 4. The fourth-order valence-corrected chi connectivity index (χ4v) is 3.35. The van der Waals surface area contributed by atoms with Crippen molar-refractivity contribution in [3.8, 4) is 0 Å². The number of nitrogens with one attached hydrogen (secondary N) is 2. The van der Waals surface area contributed by atoms with E-state index in [1.807, 2.05) is 19.1 Å². The fraction of sp³-hybridized carbons (Fsp3) is 0.211. The monoisotopic (exact) mass is 405 g/mol. The zero-order valence-electron chi connectivity index (χ0n) is 14.7. The molecular formula is C19H17Cl2N3O3. The van der Waals surface area contributed by atoms with Crippen LogP contribution in [0.5, 0.6) is 0 Å². The van der Waals surface area contributed by atoms with Gasteiger partial charge in [-0.3, -0.25) is 14.5 Å². The predicted octanol–water partition coefficient (Wildman–Crippen LogP) is 3.71. The molecule has 2 aromatic carbocycles. The van der Waals surface area contributed by atoms with Gasteiger partial charge in [-0.1, -0.05) is 59.1 Å². The average Bonchev–Trinajstić information content (AvgIpc) is 2.83. The van der Waals surface area contributed by atoms with Gasteiger partial charge in [-0.25, -0.2) is 4.79 Å². The lowest BCUT2D eigenvalue weighted by molar-refractivity contribution is -0.133. The Labute approximate surface area is 166 Å². The molecule has 0 bridgehead atoms. The van der Waals surface area contributed by atoms with Crippen LogP contribution in [0.1, 0.15) is 18.1 Å². The van der Waals surface area contributed by atoms with Gasteiger partial charge in [0, 0.05) is 0 Å². The Morgan fingerprint density at radius 1 is 1.11 bits per heavy atom. The number of imide groups is 1. The second-order valence-corrected chi connectivity index (χ2v) is 7.27. The van der Waals surface area contributed by atoms with Crippen molar-refractivity contribution in [1.29, 1.82) is 0 Å². The van der Waals surface area contributed by atoms with Crippen LogP contribution >= 0.6 is 23.2 Å². The van der Waals surface area contributed by atoms with Crippen LogP contribution in [0, 0.1) is 6.92 Å². The van der Waals surface area contributed by atoms with Gasteiger partial charge in [-0.2, -0.15) is 0 Å². The topological polar surface area (TPSA) is 78.5 Å². The van der Waals surface area contributed by atoms with Crippen LogP contribution in [-0.2, 0) is 15.1 Å². The molecular weight excluding hydrogens is 389 g/mol. The Bertz CT molecular complexity index is 910. The molecule has 1 aliphatic rings. The number of carbonyl (C=O) groups is 3. The molecule has 1 atom stereocenters. The van der Waals surface area contributed by atoms with Crippen LogP contribution in [0.25, 0.3) is 0 Å². The molecule has 140 valence electrons. The van der Waals surface area contributed by atoms with E-state index in [9.17, 15) is 14.4 Å². The molecule has 8 heteroatoms. The zero-order valence-corrected chi connectivity index (χ0v) is 16.2. The molecule has 0 spiro atoms. The summed E-state index contributed by atoms with van der Waals surface area (Å²) in [5.74, 6) is -1.08. The SMILES string of the molecule is Cc1ccc(C2(C)NC(=O)N(CC(=O)Nc3c(Cl)cccc3Cl)C2=O)cc1. The molecule has 0 aromatic heterocycles. The van der Waals surface area contributed by atoms with E-state index in [1.165, 1.54) is 0 Å². The molecule has 1 unspecified atom stereocenters. The first-order chi connectivity index (χ1) is 12.7. The number of amides is 4. The number of benzene rings is 2. The van der Waals surface area contributed by atoms with E-state index >= 15 is 0 Å². The van der Waals surface area contributed by atoms with Crippen molar-refractivity contribution in [1.82, 2.24) is 10.2 Å². The number of anilines is 1. The minimum Gasteiger partial charge on any atom is -0.322 e. The summed E-state index contributed by atoms with van der Waals surface area (Å²) in [6.45, 7) is 3.09. The Morgan fingerprint density at radius 3 is 2.30 bits per heavy atom. The van der Waals surface area contributed by atoms with Gasteiger partial charge in [0.25, 0.3) is 5.91 Å². The van der Waals surface area contributed by atoms with E-state index in [0.717, 1.165) is 10.5 Å². The number of carbonyl (C=O) groups excluding carboxylic acids is 3. The molecule has 1 fully saturated rings. The number of hydrogen-bond acceptors (Lipinski definition) is 3. The molecule has 2 N–H and O–H groups in total. The zero-order chi connectivity index (χ0) is 19.8. The molecule has 0 radical (unpaired) electrons. The molecule has 1 saturated heterocycles. The van der Waals surface area contributed by atoms with E-state index in [1.54, 1.807) is 37.3 Å². The quantitative estimate of drug-likeness (QED) is 0.760. The number of hydrogen-bond donors (Lipinski definition) is 2. The highest BCUT2D eigenvalue weighted by Gasteiger charge is 2.49. The molecule has 6 nitrogen and oxygen atoms in total. The minimum absolute atomic E-state index is 0.235. The molecule has 2 aromatic rings. The number of halogens is 2. The van der Waals surface area contributed by atoms with E-state index < -0.39 is 29.9 Å². The maximum absolute atomic E-state index is 12.9.